The molecule has 1 saturated carbocycles. The minimum Gasteiger partial charge on any atom is -0.361 e. The number of aromatic nitrogens is 2. The zero-order chi connectivity index (χ0) is 19.7. The summed E-state index contributed by atoms with van der Waals surface area (Å²) in [6, 6.07) is 7.81. The molecule has 1 aromatic heterocycles. The third-order valence-electron chi connectivity index (χ3n) is 5.30. The lowest BCUT2D eigenvalue weighted by molar-refractivity contribution is -0.128. The van der Waals surface area contributed by atoms with Crippen LogP contribution in [0, 0.1) is 5.92 Å². The van der Waals surface area contributed by atoms with Crippen LogP contribution in [0.3, 0.4) is 0 Å². The highest BCUT2D eigenvalue weighted by Gasteiger charge is 2.39. The lowest BCUT2D eigenvalue weighted by atomic mass is 10.1. The Morgan fingerprint density at radius 3 is 2.64 bits per heavy atom. The molecule has 1 atom stereocenters. The number of nitrogens with one attached hydrogen (secondary N) is 1. The molecule has 0 unspecified atom stereocenters. The monoisotopic (exact) mass is 379 g/mol. The summed E-state index contributed by atoms with van der Waals surface area (Å²) < 4.78 is 0. The lowest BCUT2D eigenvalue weighted by Gasteiger charge is -2.15. The van der Waals surface area contributed by atoms with Crippen molar-refractivity contribution in [2.75, 3.05) is 32.1 Å². The predicted octanol–water partition coefficient (Wildman–Crippen LogP) is 1.95. The van der Waals surface area contributed by atoms with Gasteiger partial charge < -0.3 is 15.1 Å². The van der Waals surface area contributed by atoms with Crippen molar-refractivity contribution in [3.63, 3.8) is 0 Å². The van der Waals surface area contributed by atoms with E-state index in [1.807, 2.05) is 36.0 Å². The van der Waals surface area contributed by atoms with Gasteiger partial charge in [0.15, 0.2) is 0 Å². The molecule has 1 saturated heterocycles. The van der Waals surface area contributed by atoms with Gasteiger partial charge in [-0.25, -0.2) is 4.98 Å². The van der Waals surface area contributed by atoms with Gasteiger partial charge in [0.2, 0.25) is 5.91 Å². The van der Waals surface area contributed by atoms with Crippen molar-refractivity contribution in [3.8, 4) is 11.3 Å². The molecule has 0 radical (unpaired) electrons. The molecule has 2 heterocycles. The van der Waals surface area contributed by atoms with Gasteiger partial charge >= 0.3 is 0 Å². The van der Waals surface area contributed by atoms with Crippen LogP contribution in [0.1, 0.15) is 29.6 Å². The molecule has 7 nitrogen and oxygen atoms in total. The second-order valence-electron chi connectivity index (χ2n) is 7.79. The molecule has 1 aliphatic carbocycles. The molecule has 4 rings (SSSR count). The van der Waals surface area contributed by atoms with E-state index in [2.05, 4.69) is 15.3 Å². The van der Waals surface area contributed by atoms with E-state index < -0.39 is 0 Å². The van der Waals surface area contributed by atoms with Gasteiger partial charge in [0.05, 0.1) is 18.1 Å². The summed E-state index contributed by atoms with van der Waals surface area (Å²) in [5, 5.41) is 2.97. The highest BCUT2D eigenvalue weighted by molar-refractivity contribution is 5.94. The molecule has 1 aromatic carbocycles. The molecule has 0 bridgehead atoms. The number of rotatable bonds is 6. The first-order chi connectivity index (χ1) is 13.5. The van der Waals surface area contributed by atoms with Gasteiger partial charge in [-0.15, -0.1) is 0 Å². The largest absolute Gasteiger partial charge is 0.361 e. The second-order valence-corrected chi connectivity index (χ2v) is 7.79. The van der Waals surface area contributed by atoms with E-state index in [1.54, 1.807) is 24.5 Å². The molecule has 146 valence electrons. The normalized spacial score (nSPS) is 19.0. The van der Waals surface area contributed by atoms with Crippen LogP contribution in [-0.4, -0.2) is 59.9 Å². The van der Waals surface area contributed by atoms with Crippen molar-refractivity contribution in [1.29, 1.82) is 0 Å². The number of hydrogen-bond acceptors (Lipinski definition) is 5. The molecule has 28 heavy (non-hydrogen) atoms. The maximum absolute atomic E-state index is 12.5. The Balaban J connectivity index is 1.35. The number of benzene rings is 1. The average Bonchev–Trinajstić information content (AvgIpc) is 3.48. The smallest absolute Gasteiger partial charge is 0.251 e. The third-order valence-corrected chi connectivity index (χ3v) is 5.30. The van der Waals surface area contributed by atoms with Gasteiger partial charge in [-0.05, 0) is 25.0 Å². The fourth-order valence-electron chi connectivity index (χ4n) is 3.53. The van der Waals surface area contributed by atoms with Crippen LogP contribution in [0.2, 0.25) is 0 Å². The van der Waals surface area contributed by atoms with Crippen LogP contribution >= 0.6 is 0 Å². The molecular weight excluding hydrogens is 354 g/mol. The van der Waals surface area contributed by atoms with Gasteiger partial charge in [0.25, 0.3) is 5.91 Å². The van der Waals surface area contributed by atoms with E-state index in [1.165, 1.54) is 0 Å². The summed E-state index contributed by atoms with van der Waals surface area (Å²) in [6.45, 7) is 1.30. The van der Waals surface area contributed by atoms with Crippen molar-refractivity contribution in [3.05, 3.63) is 42.2 Å². The van der Waals surface area contributed by atoms with Crippen molar-refractivity contribution in [2.45, 2.75) is 25.3 Å². The molecule has 2 aliphatic rings. The standard InChI is InChI=1S/C21H25N5O2/c1-25(2)19-12-22-11-18(24-19)15-3-5-16(6-4-15)21(28)23-10-14-9-20(27)26(13-14)17-7-8-17/h3-6,11-12,14,17H,7-10,13H2,1-2H3,(H,23,28)/t14-/m0/s1. The fraction of sp³-hybridized carbons (Fsp3) is 0.429. The Morgan fingerprint density at radius 2 is 1.96 bits per heavy atom. The van der Waals surface area contributed by atoms with E-state index in [0.717, 1.165) is 36.5 Å². The Kier molecular flexibility index (Phi) is 4.98. The number of amides is 2. The molecule has 1 aliphatic heterocycles. The van der Waals surface area contributed by atoms with Gasteiger partial charge in [-0.1, -0.05) is 12.1 Å². The van der Waals surface area contributed by atoms with E-state index in [4.69, 9.17) is 0 Å². The molecule has 2 fully saturated rings. The highest BCUT2D eigenvalue weighted by atomic mass is 16.2. The van der Waals surface area contributed by atoms with Gasteiger partial charge in [0, 0.05) is 56.7 Å². The first-order valence-electron chi connectivity index (χ1n) is 9.68. The maximum atomic E-state index is 12.5. The average molecular weight is 379 g/mol. The quantitative estimate of drug-likeness (QED) is 0.830. The van der Waals surface area contributed by atoms with E-state index in [-0.39, 0.29) is 17.7 Å². The van der Waals surface area contributed by atoms with Gasteiger partial charge in [0.1, 0.15) is 5.82 Å². The molecule has 2 amide bonds. The summed E-state index contributed by atoms with van der Waals surface area (Å²) >= 11 is 0. The van der Waals surface area contributed by atoms with Crippen LogP contribution in [0.25, 0.3) is 11.3 Å². The number of hydrogen-bond donors (Lipinski definition) is 1. The summed E-state index contributed by atoms with van der Waals surface area (Å²) in [6.07, 6.45) is 6.21. The number of carbonyl (C=O) groups excluding carboxylic acids is 2. The van der Waals surface area contributed by atoms with Crippen molar-refractivity contribution in [2.24, 2.45) is 5.92 Å². The van der Waals surface area contributed by atoms with Crippen LogP contribution in [0.5, 0.6) is 0 Å². The zero-order valence-corrected chi connectivity index (χ0v) is 16.3. The maximum Gasteiger partial charge on any atom is 0.251 e. The van der Waals surface area contributed by atoms with Gasteiger partial charge in [-0.2, -0.15) is 0 Å². The summed E-state index contributed by atoms with van der Waals surface area (Å²) in [5.74, 6) is 1.11. The van der Waals surface area contributed by atoms with E-state index >= 15 is 0 Å². The van der Waals surface area contributed by atoms with Crippen LogP contribution in [0.4, 0.5) is 5.82 Å². The Labute approximate surface area is 164 Å². The number of anilines is 1. The van der Waals surface area contributed by atoms with Crippen molar-refractivity contribution < 1.29 is 9.59 Å². The summed E-state index contributed by atoms with van der Waals surface area (Å²) in [5.41, 5.74) is 2.28. The first-order valence-corrected chi connectivity index (χ1v) is 9.68. The Bertz CT molecular complexity index is 877. The van der Waals surface area contributed by atoms with Crippen molar-refractivity contribution >= 4 is 17.6 Å². The Hall–Kier alpha value is -2.96. The minimum atomic E-state index is -0.114. The van der Waals surface area contributed by atoms with Crippen LogP contribution in [0.15, 0.2) is 36.7 Å². The van der Waals surface area contributed by atoms with Crippen LogP contribution in [-0.2, 0) is 4.79 Å². The third kappa shape index (κ3) is 3.98. The number of likely N-dealkylation sites (tertiary alicyclic amines) is 1. The highest BCUT2D eigenvalue weighted by Crippen LogP contribution is 2.32. The lowest BCUT2D eigenvalue weighted by Crippen LogP contribution is -2.32. The summed E-state index contributed by atoms with van der Waals surface area (Å²) in [7, 11) is 3.84. The fourth-order valence-corrected chi connectivity index (χ4v) is 3.53. The molecule has 2 aromatic rings. The molecule has 1 N–H and O–H groups in total. The predicted molar refractivity (Wildman–Crippen MR) is 107 cm³/mol. The number of nitrogens with zero attached hydrogens (tertiary/aromatic N) is 4. The van der Waals surface area contributed by atoms with E-state index in [9.17, 15) is 9.59 Å². The van der Waals surface area contributed by atoms with Gasteiger partial charge in [-0.3, -0.25) is 14.6 Å². The molecule has 0 spiro atoms. The minimum absolute atomic E-state index is 0.114. The topological polar surface area (TPSA) is 78.4 Å². The van der Waals surface area contributed by atoms with Crippen LogP contribution < -0.4 is 10.2 Å². The zero-order valence-electron chi connectivity index (χ0n) is 16.3. The Morgan fingerprint density at radius 1 is 1.21 bits per heavy atom. The molecular formula is C21H25N5O2. The number of carbonyl (C=O) groups is 2. The van der Waals surface area contributed by atoms with E-state index in [0.29, 0.717) is 24.6 Å². The molecule has 7 heteroatoms. The summed E-state index contributed by atoms with van der Waals surface area (Å²) in [4.78, 5) is 37.1. The SMILES string of the molecule is CN(C)c1cncc(-c2ccc(C(=O)NC[C@@H]3CC(=O)N(C4CC4)C3)cc2)n1. The second kappa shape index (κ2) is 7.58. The van der Waals surface area contributed by atoms with Crippen molar-refractivity contribution in [1.82, 2.24) is 20.2 Å². The first kappa shape index (κ1) is 18.4.